The minimum absolute atomic E-state index is 0.0399. The molecule has 0 amide bonds. The molecule has 4 aromatic rings. The summed E-state index contributed by atoms with van der Waals surface area (Å²) >= 11 is 12.9. The Morgan fingerprint density at radius 2 is 1.76 bits per heavy atom. The summed E-state index contributed by atoms with van der Waals surface area (Å²) in [6, 6.07) is 13.9. The molecule has 0 fully saturated rings. The number of carbonyl (C=O) groups is 1. The van der Waals surface area contributed by atoms with Crippen molar-refractivity contribution in [3.63, 3.8) is 0 Å². The number of halogens is 2. The second-order valence-corrected chi connectivity index (χ2v) is 8.66. The molecule has 10 heteroatoms. The van der Waals surface area contributed by atoms with Gasteiger partial charge in [-0.25, -0.2) is 4.79 Å². The van der Waals surface area contributed by atoms with Gasteiger partial charge in [0.25, 0.3) is 11.1 Å². The van der Waals surface area contributed by atoms with Gasteiger partial charge in [0.2, 0.25) is 0 Å². The average Bonchev–Trinajstić information content (AvgIpc) is 3.44. The number of aliphatic carboxylic acids is 1. The highest BCUT2D eigenvalue weighted by atomic mass is 35.5. The maximum Gasteiger partial charge on any atom is 0.342 e. The molecule has 1 N–H and O–H groups in total. The zero-order valence-corrected chi connectivity index (χ0v) is 19.7. The first kappa shape index (κ1) is 23.0. The molecule has 0 unspecified atom stereocenters. The van der Waals surface area contributed by atoms with E-state index >= 15 is 0 Å². The van der Waals surface area contributed by atoms with Gasteiger partial charge in [0.05, 0.1) is 12.7 Å². The van der Waals surface area contributed by atoms with Crippen LogP contribution in [0, 0.1) is 6.92 Å². The zero-order chi connectivity index (χ0) is 23.5. The maximum absolute atomic E-state index is 11.8. The number of carboxylic acid groups (broad SMARTS) is 1. The first-order valence-electron chi connectivity index (χ1n) is 9.50. The molecule has 0 saturated heterocycles. The van der Waals surface area contributed by atoms with Crippen LogP contribution in [0.15, 0.2) is 67.5 Å². The first-order valence-corrected chi connectivity index (χ1v) is 11.1. The number of hydrogen-bond acceptors (Lipinski definition) is 7. The van der Waals surface area contributed by atoms with E-state index in [1.807, 2.05) is 13.0 Å². The van der Waals surface area contributed by atoms with Crippen molar-refractivity contribution in [2.24, 2.45) is 0 Å². The van der Waals surface area contributed by atoms with Crippen LogP contribution in [0.5, 0.6) is 5.75 Å². The summed E-state index contributed by atoms with van der Waals surface area (Å²) in [4.78, 5) is 11.8. The molecule has 4 rings (SSSR count). The van der Waals surface area contributed by atoms with Crippen molar-refractivity contribution < 1.29 is 23.5 Å². The summed E-state index contributed by atoms with van der Waals surface area (Å²) in [5, 5.41) is 18.7. The van der Waals surface area contributed by atoms with Crippen molar-refractivity contribution >= 4 is 47.0 Å². The Labute approximate surface area is 203 Å². The number of thioether (sulfide) groups is 1. The summed E-state index contributed by atoms with van der Waals surface area (Å²) in [7, 11) is 1.51. The van der Waals surface area contributed by atoms with E-state index in [0.29, 0.717) is 32.9 Å². The number of carboxylic acids is 1. The fraction of sp³-hybridized carbons (Fsp3) is 0.0870. The molecule has 33 heavy (non-hydrogen) atoms. The molecular formula is C23H16Cl2N2O5S. The van der Waals surface area contributed by atoms with Gasteiger partial charge in [-0.05, 0) is 66.7 Å². The van der Waals surface area contributed by atoms with Gasteiger partial charge in [-0.2, -0.15) is 0 Å². The third-order valence-electron chi connectivity index (χ3n) is 4.57. The van der Waals surface area contributed by atoms with Crippen LogP contribution >= 0.6 is 35.0 Å². The number of furan rings is 1. The van der Waals surface area contributed by atoms with Crippen LogP contribution in [0.1, 0.15) is 11.3 Å². The molecule has 0 aliphatic rings. The number of benzene rings is 2. The van der Waals surface area contributed by atoms with Gasteiger partial charge in [-0.3, -0.25) is 0 Å². The molecule has 0 aliphatic heterocycles. The lowest BCUT2D eigenvalue weighted by molar-refractivity contribution is -0.131. The van der Waals surface area contributed by atoms with Crippen LogP contribution < -0.4 is 4.74 Å². The molecule has 0 bridgehead atoms. The van der Waals surface area contributed by atoms with Gasteiger partial charge in [-0.1, -0.05) is 29.3 Å². The number of hydrogen-bond donors (Lipinski definition) is 1. The number of nitrogens with zero attached hydrogens (tertiary/aromatic N) is 2. The summed E-state index contributed by atoms with van der Waals surface area (Å²) in [6.45, 7) is 1.93. The molecule has 2 heterocycles. The predicted molar refractivity (Wildman–Crippen MR) is 127 cm³/mol. The monoisotopic (exact) mass is 502 g/mol. The topological polar surface area (TPSA) is 98.6 Å². The zero-order valence-electron chi connectivity index (χ0n) is 17.3. The number of aromatic nitrogens is 2. The summed E-state index contributed by atoms with van der Waals surface area (Å²) in [6.07, 6.45) is 1.39. The SMILES string of the molecule is COc1ccc(Cl)cc1-c1nnc(S/C(=C\c2ccc(-c3cc(Cl)ccc3C)o2)C(=O)O)o1. The molecule has 0 aliphatic carbocycles. The minimum atomic E-state index is -1.17. The Balaban J connectivity index is 1.60. The summed E-state index contributed by atoms with van der Waals surface area (Å²) in [5.74, 6) is 0.401. The minimum Gasteiger partial charge on any atom is -0.496 e. The molecular weight excluding hydrogens is 487 g/mol. The van der Waals surface area contributed by atoms with Gasteiger partial charge in [-0.15, -0.1) is 10.2 Å². The highest BCUT2D eigenvalue weighted by Gasteiger charge is 2.19. The van der Waals surface area contributed by atoms with Crippen molar-refractivity contribution in [2.45, 2.75) is 12.1 Å². The molecule has 2 aromatic carbocycles. The van der Waals surface area contributed by atoms with E-state index in [1.165, 1.54) is 13.2 Å². The lowest BCUT2D eigenvalue weighted by Crippen LogP contribution is -1.96. The molecule has 7 nitrogen and oxygen atoms in total. The molecule has 0 radical (unpaired) electrons. The van der Waals surface area contributed by atoms with Crippen molar-refractivity contribution in [1.82, 2.24) is 10.2 Å². The van der Waals surface area contributed by atoms with E-state index in [4.69, 9.17) is 36.8 Å². The molecule has 0 atom stereocenters. The fourth-order valence-corrected chi connectivity index (χ4v) is 4.00. The van der Waals surface area contributed by atoms with Crippen LogP contribution in [0.2, 0.25) is 10.0 Å². The predicted octanol–water partition coefficient (Wildman–Crippen LogP) is 6.84. The number of rotatable bonds is 7. The maximum atomic E-state index is 11.8. The Kier molecular flexibility index (Phi) is 6.78. The molecule has 168 valence electrons. The van der Waals surface area contributed by atoms with E-state index in [-0.39, 0.29) is 16.0 Å². The highest BCUT2D eigenvalue weighted by Crippen LogP contribution is 2.35. The van der Waals surface area contributed by atoms with Gasteiger partial charge in [0, 0.05) is 21.7 Å². The van der Waals surface area contributed by atoms with Crippen LogP contribution in [0.3, 0.4) is 0 Å². The van der Waals surface area contributed by atoms with E-state index in [1.54, 1.807) is 42.5 Å². The van der Waals surface area contributed by atoms with Gasteiger partial charge >= 0.3 is 5.97 Å². The van der Waals surface area contributed by atoms with Crippen molar-refractivity contribution in [3.05, 3.63) is 74.8 Å². The third-order valence-corrected chi connectivity index (χ3v) is 5.89. The van der Waals surface area contributed by atoms with E-state index in [2.05, 4.69) is 10.2 Å². The van der Waals surface area contributed by atoms with Crippen molar-refractivity contribution in [1.29, 1.82) is 0 Å². The van der Waals surface area contributed by atoms with Crippen molar-refractivity contribution in [3.8, 4) is 28.5 Å². The second-order valence-electron chi connectivity index (χ2n) is 6.79. The number of aryl methyl sites for hydroxylation is 1. The summed E-state index contributed by atoms with van der Waals surface area (Å²) in [5.41, 5.74) is 2.30. The smallest absolute Gasteiger partial charge is 0.342 e. The van der Waals surface area contributed by atoms with E-state index < -0.39 is 5.97 Å². The quantitative estimate of drug-likeness (QED) is 0.216. The van der Waals surface area contributed by atoms with E-state index in [0.717, 1.165) is 22.9 Å². The highest BCUT2D eigenvalue weighted by molar-refractivity contribution is 8.03. The van der Waals surface area contributed by atoms with Crippen LogP contribution in [0.4, 0.5) is 0 Å². The van der Waals surface area contributed by atoms with Gasteiger partial charge in [0.1, 0.15) is 22.2 Å². The fourth-order valence-electron chi connectivity index (χ4n) is 3.00. The second kappa shape index (κ2) is 9.74. The van der Waals surface area contributed by atoms with Crippen molar-refractivity contribution in [2.75, 3.05) is 7.11 Å². The third kappa shape index (κ3) is 5.24. The average molecular weight is 503 g/mol. The molecule has 2 aromatic heterocycles. The Bertz CT molecular complexity index is 1360. The number of ether oxygens (including phenoxy) is 1. The van der Waals surface area contributed by atoms with E-state index in [9.17, 15) is 9.90 Å². The first-order chi connectivity index (χ1) is 15.8. The lowest BCUT2D eigenvalue weighted by Gasteiger charge is -2.04. The van der Waals surface area contributed by atoms with Crippen LogP contribution in [-0.2, 0) is 4.79 Å². The normalized spacial score (nSPS) is 11.6. The van der Waals surface area contributed by atoms with Gasteiger partial charge in [0.15, 0.2) is 0 Å². The van der Waals surface area contributed by atoms with Crippen LogP contribution in [0.25, 0.3) is 28.9 Å². The lowest BCUT2D eigenvalue weighted by atomic mass is 10.1. The Morgan fingerprint density at radius 1 is 1.03 bits per heavy atom. The standard InChI is InChI=1S/C23H16Cl2N2O5S/c1-12-3-4-13(24)9-16(12)19-8-6-15(31-19)11-20(22(28)29)33-23-27-26-21(32-23)17-10-14(25)5-7-18(17)30-2/h3-11H,1-2H3,(H,28,29)/b20-11-. The van der Waals surface area contributed by atoms with Crippen LogP contribution in [-0.4, -0.2) is 28.4 Å². The largest absolute Gasteiger partial charge is 0.496 e. The Morgan fingerprint density at radius 3 is 2.48 bits per heavy atom. The Hall–Kier alpha value is -3.20. The van der Waals surface area contributed by atoms with Gasteiger partial charge < -0.3 is 18.7 Å². The molecule has 0 saturated carbocycles. The molecule has 0 spiro atoms. The number of methoxy groups -OCH3 is 1. The summed E-state index contributed by atoms with van der Waals surface area (Å²) < 4.78 is 16.8.